The molecule has 0 saturated carbocycles. The Morgan fingerprint density at radius 2 is 1.88 bits per heavy atom. The van der Waals surface area contributed by atoms with Crippen LogP contribution >= 0.6 is 23.4 Å². The van der Waals surface area contributed by atoms with Gasteiger partial charge < -0.3 is 10.2 Å². The van der Waals surface area contributed by atoms with Crippen molar-refractivity contribution in [1.29, 1.82) is 0 Å². The summed E-state index contributed by atoms with van der Waals surface area (Å²) in [6, 6.07) is 15.3. The zero-order valence-electron chi connectivity index (χ0n) is 19.1. The van der Waals surface area contributed by atoms with Gasteiger partial charge in [0.15, 0.2) is 5.16 Å². The van der Waals surface area contributed by atoms with Crippen molar-refractivity contribution in [3.8, 4) is 0 Å². The topological polar surface area (TPSA) is 71.0 Å². The van der Waals surface area contributed by atoms with Gasteiger partial charge in [-0.3, -0.25) is 9.78 Å². The number of hydrogen-bond acceptors (Lipinski definition) is 6. The van der Waals surface area contributed by atoms with Gasteiger partial charge in [-0.05, 0) is 42.7 Å². The van der Waals surface area contributed by atoms with E-state index in [-0.39, 0.29) is 5.91 Å². The summed E-state index contributed by atoms with van der Waals surface area (Å²) < 4.78 is 0. The number of carbonyl (C=O) groups is 1. The van der Waals surface area contributed by atoms with Crippen LogP contribution in [0.5, 0.6) is 0 Å². The van der Waals surface area contributed by atoms with Gasteiger partial charge in [0, 0.05) is 55.3 Å². The number of benzene rings is 1. The first-order valence-corrected chi connectivity index (χ1v) is 12.6. The Kier molecular flexibility index (Phi) is 9.97. The number of halogens is 1. The molecule has 33 heavy (non-hydrogen) atoms. The third kappa shape index (κ3) is 8.02. The largest absolute Gasteiger partial charge is 0.356 e. The molecule has 0 aliphatic heterocycles. The molecule has 3 aromatic rings. The molecule has 0 aliphatic carbocycles. The van der Waals surface area contributed by atoms with Crippen molar-refractivity contribution in [2.75, 3.05) is 24.5 Å². The van der Waals surface area contributed by atoms with E-state index in [4.69, 9.17) is 16.6 Å². The first-order chi connectivity index (χ1) is 16.1. The number of nitrogens with one attached hydrogen (secondary N) is 1. The predicted molar refractivity (Wildman–Crippen MR) is 136 cm³/mol. The van der Waals surface area contributed by atoms with Crippen molar-refractivity contribution in [3.63, 3.8) is 0 Å². The molecule has 8 heteroatoms. The number of aromatic nitrogens is 3. The lowest BCUT2D eigenvalue weighted by Gasteiger charge is -2.22. The van der Waals surface area contributed by atoms with Gasteiger partial charge in [0.1, 0.15) is 11.0 Å². The van der Waals surface area contributed by atoms with Crippen molar-refractivity contribution in [2.24, 2.45) is 0 Å². The number of carbonyl (C=O) groups excluding carboxylic acids is 1. The van der Waals surface area contributed by atoms with Gasteiger partial charge in [-0.1, -0.05) is 55.4 Å². The van der Waals surface area contributed by atoms with E-state index in [1.54, 1.807) is 6.20 Å². The zero-order valence-corrected chi connectivity index (χ0v) is 20.7. The first kappa shape index (κ1) is 25.0. The van der Waals surface area contributed by atoms with Crippen molar-refractivity contribution in [1.82, 2.24) is 20.3 Å². The molecule has 1 N–H and O–H groups in total. The fourth-order valence-electron chi connectivity index (χ4n) is 3.40. The van der Waals surface area contributed by atoms with Gasteiger partial charge >= 0.3 is 0 Å². The van der Waals surface area contributed by atoms with Crippen LogP contribution in [0, 0.1) is 0 Å². The summed E-state index contributed by atoms with van der Waals surface area (Å²) in [6.45, 7) is 6.72. The third-order valence-electron chi connectivity index (χ3n) is 4.92. The van der Waals surface area contributed by atoms with Crippen LogP contribution in [0.4, 0.5) is 5.82 Å². The Hall–Kier alpha value is -2.64. The van der Waals surface area contributed by atoms with Gasteiger partial charge in [-0.15, -0.1) is 0 Å². The van der Waals surface area contributed by atoms with E-state index in [1.807, 2.05) is 48.5 Å². The Morgan fingerprint density at radius 1 is 1.06 bits per heavy atom. The lowest BCUT2D eigenvalue weighted by Crippen LogP contribution is -2.26. The number of pyridine rings is 1. The maximum atomic E-state index is 12.6. The molecule has 0 saturated heterocycles. The van der Waals surface area contributed by atoms with Crippen LogP contribution in [0.2, 0.25) is 5.15 Å². The van der Waals surface area contributed by atoms with Crippen LogP contribution in [-0.4, -0.2) is 40.5 Å². The van der Waals surface area contributed by atoms with Crippen LogP contribution in [-0.2, 0) is 12.2 Å². The predicted octanol–water partition coefficient (Wildman–Crippen LogP) is 5.42. The molecule has 2 aromatic heterocycles. The highest BCUT2D eigenvalue weighted by atomic mass is 35.5. The second-order valence-corrected chi connectivity index (χ2v) is 8.96. The highest BCUT2D eigenvalue weighted by Gasteiger charge is 2.12. The lowest BCUT2D eigenvalue weighted by molar-refractivity contribution is 0.0954. The average molecular weight is 484 g/mol. The van der Waals surface area contributed by atoms with E-state index in [0.717, 1.165) is 43.0 Å². The van der Waals surface area contributed by atoms with E-state index in [1.165, 1.54) is 11.8 Å². The maximum Gasteiger partial charge on any atom is 0.251 e. The van der Waals surface area contributed by atoms with E-state index < -0.39 is 0 Å². The summed E-state index contributed by atoms with van der Waals surface area (Å²) in [5.41, 5.74) is 2.63. The Bertz CT molecular complexity index is 1030. The maximum absolute atomic E-state index is 12.6. The smallest absolute Gasteiger partial charge is 0.251 e. The molecule has 0 radical (unpaired) electrons. The number of nitrogens with zero attached hydrogens (tertiary/aromatic N) is 4. The van der Waals surface area contributed by atoms with Crippen molar-refractivity contribution in [2.45, 2.75) is 44.0 Å². The molecule has 0 atom stereocenters. The van der Waals surface area contributed by atoms with Crippen molar-refractivity contribution < 1.29 is 4.79 Å². The number of thioether (sulfide) groups is 1. The molecular formula is C25H30ClN5OS. The van der Waals surface area contributed by atoms with Crippen LogP contribution in [0.15, 0.2) is 59.9 Å². The van der Waals surface area contributed by atoms with Gasteiger partial charge in [-0.2, -0.15) is 0 Å². The number of amides is 1. The van der Waals surface area contributed by atoms with Crippen molar-refractivity contribution >= 4 is 35.1 Å². The molecule has 0 aliphatic rings. The Labute approximate surface area is 205 Å². The summed E-state index contributed by atoms with van der Waals surface area (Å²) in [4.78, 5) is 28.2. The number of rotatable bonds is 12. The Morgan fingerprint density at radius 3 is 2.61 bits per heavy atom. The molecule has 1 amide bonds. The summed E-state index contributed by atoms with van der Waals surface area (Å²) in [7, 11) is 0. The highest BCUT2D eigenvalue weighted by molar-refractivity contribution is 7.98. The normalized spacial score (nSPS) is 10.8. The Balaban J connectivity index is 1.59. The zero-order chi connectivity index (χ0) is 23.5. The minimum Gasteiger partial charge on any atom is -0.356 e. The lowest BCUT2D eigenvalue weighted by atomic mass is 10.1. The summed E-state index contributed by atoms with van der Waals surface area (Å²) in [5, 5.41) is 4.05. The van der Waals surface area contributed by atoms with Crippen LogP contribution < -0.4 is 10.2 Å². The van der Waals surface area contributed by atoms with E-state index in [0.29, 0.717) is 34.6 Å². The van der Waals surface area contributed by atoms with E-state index in [2.05, 4.69) is 34.0 Å². The van der Waals surface area contributed by atoms with E-state index in [9.17, 15) is 4.79 Å². The SMILES string of the molecule is CCCN(CCC)c1cc(Cl)nc(SCc2cccc(C(=O)NCCc3ccccn3)c2)n1. The summed E-state index contributed by atoms with van der Waals surface area (Å²) in [6.07, 6.45) is 4.54. The van der Waals surface area contributed by atoms with Gasteiger partial charge in [-0.25, -0.2) is 9.97 Å². The molecule has 6 nitrogen and oxygen atoms in total. The number of hydrogen-bond donors (Lipinski definition) is 1. The van der Waals surface area contributed by atoms with Crippen LogP contribution in [0.1, 0.15) is 48.3 Å². The molecule has 0 bridgehead atoms. The first-order valence-electron chi connectivity index (χ1n) is 11.3. The van der Waals surface area contributed by atoms with Crippen LogP contribution in [0.25, 0.3) is 0 Å². The highest BCUT2D eigenvalue weighted by Crippen LogP contribution is 2.25. The van der Waals surface area contributed by atoms with Gasteiger partial charge in [0.2, 0.25) is 0 Å². The second kappa shape index (κ2) is 13.2. The average Bonchev–Trinajstić information content (AvgIpc) is 2.83. The molecule has 0 fully saturated rings. The summed E-state index contributed by atoms with van der Waals surface area (Å²) in [5.74, 6) is 1.42. The molecule has 174 valence electrons. The molecule has 1 aromatic carbocycles. The van der Waals surface area contributed by atoms with Gasteiger partial charge in [0.05, 0.1) is 0 Å². The molecule has 2 heterocycles. The minimum absolute atomic E-state index is 0.0890. The number of anilines is 1. The molecular weight excluding hydrogens is 454 g/mol. The summed E-state index contributed by atoms with van der Waals surface area (Å²) >= 11 is 7.80. The minimum atomic E-state index is -0.0890. The second-order valence-electron chi connectivity index (χ2n) is 7.63. The molecule has 0 unspecified atom stereocenters. The monoisotopic (exact) mass is 483 g/mol. The van der Waals surface area contributed by atoms with Gasteiger partial charge in [0.25, 0.3) is 5.91 Å². The standard InChI is InChI=1S/C25H30ClN5OS/c1-3-14-31(15-4-2)23-17-22(26)29-25(30-23)33-18-19-8-7-9-20(16-19)24(32)28-13-11-21-10-5-6-12-27-21/h5-10,12,16-17H,3-4,11,13-15,18H2,1-2H3,(H,28,32). The van der Waals surface area contributed by atoms with E-state index >= 15 is 0 Å². The fourth-order valence-corrected chi connectivity index (χ4v) is 4.42. The fraction of sp³-hybridized carbons (Fsp3) is 0.360. The van der Waals surface area contributed by atoms with Crippen LogP contribution in [0.3, 0.4) is 0 Å². The van der Waals surface area contributed by atoms with Crippen molar-refractivity contribution in [3.05, 3.63) is 76.7 Å². The molecule has 0 spiro atoms. The third-order valence-corrected chi connectivity index (χ3v) is 6.03. The quantitative estimate of drug-likeness (QED) is 0.211. The molecule has 3 rings (SSSR count).